The number of aromatic carboxylic acids is 1. The van der Waals surface area contributed by atoms with Crippen molar-refractivity contribution in [1.29, 1.82) is 0 Å². The summed E-state index contributed by atoms with van der Waals surface area (Å²) in [4.78, 5) is 13.1. The van der Waals surface area contributed by atoms with Crippen LogP contribution in [-0.4, -0.2) is 38.6 Å². The molecular formula is C39H37ClFN3O4. The number of hydrogen-bond acceptors (Lipinski definition) is 4. The summed E-state index contributed by atoms with van der Waals surface area (Å²) in [5.41, 5.74) is 6.29. The van der Waals surface area contributed by atoms with E-state index in [4.69, 9.17) is 26.2 Å². The number of fused-ring (bicyclic) bond motifs is 3. The fourth-order valence-corrected chi connectivity index (χ4v) is 7.46. The molecular weight excluding hydrogens is 629 g/mol. The lowest BCUT2D eigenvalue weighted by atomic mass is 9.93. The standard InChI is InChI=1S/C39H37ClFN3O4/c1-3-31-34-33-30(40)19-18-29-28(14-10-22-47-32-15-9-13-25-23-26(41)16-17-27(25)32)37(39(45)46)44(36(29)33)20-7-8-21-48-38(35(34)42-43(31)2)24-11-5-4-6-12-24/h4-6,9,11-13,15-19,23,38H,3,7-8,10,14,20-22H2,1-2H3,(H,45,46). The number of aromatic nitrogens is 3. The molecule has 0 amide bonds. The Morgan fingerprint density at radius 3 is 2.65 bits per heavy atom. The molecule has 1 unspecified atom stereocenters. The molecule has 0 spiro atoms. The van der Waals surface area contributed by atoms with E-state index in [1.807, 2.05) is 64.8 Å². The van der Waals surface area contributed by atoms with E-state index < -0.39 is 12.1 Å². The van der Waals surface area contributed by atoms with E-state index in [2.05, 4.69) is 19.1 Å². The van der Waals surface area contributed by atoms with Crippen LogP contribution in [0.1, 0.15) is 65.3 Å². The second-order valence-corrected chi connectivity index (χ2v) is 12.6. The second-order valence-electron chi connectivity index (χ2n) is 12.2. The maximum Gasteiger partial charge on any atom is 0.352 e. The molecule has 2 aromatic heterocycles. The van der Waals surface area contributed by atoms with E-state index >= 15 is 0 Å². The molecule has 0 bridgehead atoms. The van der Waals surface area contributed by atoms with Crippen LogP contribution >= 0.6 is 11.6 Å². The number of hydrogen-bond donors (Lipinski definition) is 1. The van der Waals surface area contributed by atoms with Gasteiger partial charge in [-0.15, -0.1) is 0 Å². The Morgan fingerprint density at radius 1 is 1.04 bits per heavy atom. The minimum absolute atomic E-state index is 0.275. The van der Waals surface area contributed by atoms with Crippen molar-refractivity contribution in [2.24, 2.45) is 7.05 Å². The van der Waals surface area contributed by atoms with Crippen molar-refractivity contribution in [2.75, 3.05) is 13.2 Å². The molecule has 0 saturated heterocycles. The van der Waals surface area contributed by atoms with Gasteiger partial charge in [0.25, 0.3) is 0 Å². The topological polar surface area (TPSA) is 78.5 Å². The highest BCUT2D eigenvalue weighted by molar-refractivity contribution is 6.35. The lowest BCUT2D eigenvalue weighted by Gasteiger charge is -2.19. The molecule has 0 fully saturated rings. The van der Waals surface area contributed by atoms with Gasteiger partial charge in [0.05, 0.1) is 17.1 Å². The summed E-state index contributed by atoms with van der Waals surface area (Å²) < 4.78 is 30.4. The largest absolute Gasteiger partial charge is 0.493 e. The van der Waals surface area contributed by atoms with Crippen LogP contribution in [0.5, 0.6) is 5.75 Å². The first kappa shape index (κ1) is 31.9. The van der Waals surface area contributed by atoms with E-state index in [-0.39, 0.29) is 11.5 Å². The molecule has 7 nitrogen and oxygen atoms in total. The summed E-state index contributed by atoms with van der Waals surface area (Å²) in [6.07, 6.45) is 2.83. The van der Waals surface area contributed by atoms with Crippen molar-refractivity contribution >= 4 is 39.2 Å². The third-order valence-electron chi connectivity index (χ3n) is 9.30. The Balaban J connectivity index is 1.34. The van der Waals surface area contributed by atoms with Crippen molar-refractivity contribution in [3.8, 4) is 16.9 Å². The minimum Gasteiger partial charge on any atom is -0.493 e. The molecule has 4 aromatic carbocycles. The Hall–Kier alpha value is -4.66. The van der Waals surface area contributed by atoms with E-state index in [9.17, 15) is 14.3 Å². The van der Waals surface area contributed by atoms with E-state index in [1.165, 1.54) is 12.1 Å². The monoisotopic (exact) mass is 665 g/mol. The molecule has 0 aliphatic carbocycles. The molecule has 3 heterocycles. The predicted octanol–water partition coefficient (Wildman–Crippen LogP) is 9.16. The maximum atomic E-state index is 13.8. The number of halogens is 2. The third-order valence-corrected chi connectivity index (χ3v) is 9.62. The lowest BCUT2D eigenvalue weighted by molar-refractivity contribution is 0.0681. The minimum atomic E-state index is -0.976. The Kier molecular flexibility index (Phi) is 8.94. The van der Waals surface area contributed by atoms with Crippen LogP contribution < -0.4 is 4.74 Å². The first-order valence-electron chi connectivity index (χ1n) is 16.5. The van der Waals surface area contributed by atoms with Crippen molar-refractivity contribution in [1.82, 2.24) is 14.3 Å². The summed E-state index contributed by atoms with van der Waals surface area (Å²) in [5, 5.41) is 18.7. The van der Waals surface area contributed by atoms with Gasteiger partial charge in [-0.25, -0.2) is 9.18 Å². The summed E-state index contributed by atoms with van der Waals surface area (Å²) in [6, 6.07) is 24.1. The van der Waals surface area contributed by atoms with E-state index in [0.717, 1.165) is 68.2 Å². The molecule has 1 aliphatic heterocycles. The van der Waals surface area contributed by atoms with Crippen molar-refractivity contribution in [3.05, 3.63) is 118 Å². The average Bonchev–Trinajstić information content (AvgIpc) is 3.57. The summed E-state index contributed by atoms with van der Waals surface area (Å²) in [5.74, 6) is -0.603. The van der Waals surface area contributed by atoms with Crippen LogP contribution in [0.25, 0.3) is 32.8 Å². The number of ether oxygens (including phenoxy) is 2. The van der Waals surface area contributed by atoms with Crippen molar-refractivity contribution < 1.29 is 23.8 Å². The fraction of sp³-hybridized carbons (Fsp3) is 0.282. The molecule has 7 rings (SSSR count). The van der Waals surface area contributed by atoms with Gasteiger partial charge in [-0.3, -0.25) is 4.68 Å². The molecule has 6 aromatic rings. The number of carboxylic acid groups (broad SMARTS) is 1. The number of rotatable bonds is 8. The molecule has 0 saturated carbocycles. The number of benzene rings is 4. The molecule has 1 atom stereocenters. The third kappa shape index (κ3) is 5.73. The Labute approximate surface area is 283 Å². The smallest absolute Gasteiger partial charge is 0.352 e. The van der Waals surface area contributed by atoms with Gasteiger partial charge in [0, 0.05) is 47.8 Å². The van der Waals surface area contributed by atoms with Crippen LogP contribution in [0, 0.1) is 5.82 Å². The van der Waals surface area contributed by atoms with Crippen LogP contribution in [-0.2, 0) is 31.2 Å². The fourth-order valence-electron chi connectivity index (χ4n) is 7.21. The van der Waals surface area contributed by atoms with Gasteiger partial charge in [0.2, 0.25) is 0 Å². The average molecular weight is 666 g/mol. The first-order valence-corrected chi connectivity index (χ1v) is 16.9. The zero-order valence-electron chi connectivity index (χ0n) is 27.0. The SMILES string of the molecule is CCc1c2c(nn1C)C(c1ccccc1)OCCCCn1c(C(=O)O)c(CCCOc3cccc4cc(F)ccc34)c3ccc(Cl)c-2c31. The van der Waals surface area contributed by atoms with Crippen LogP contribution in [0.4, 0.5) is 4.39 Å². The number of aryl methyl sites for hydroxylation is 3. The van der Waals surface area contributed by atoms with E-state index in [1.54, 1.807) is 6.07 Å². The Morgan fingerprint density at radius 2 is 1.85 bits per heavy atom. The van der Waals surface area contributed by atoms with Gasteiger partial charge < -0.3 is 19.1 Å². The van der Waals surface area contributed by atoms with Gasteiger partial charge in [-0.1, -0.05) is 67.1 Å². The van der Waals surface area contributed by atoms with E-state index in [0.29, 0.717) is 49.8 Å². The predicted molar refractivity (Wildman–Crippen MR) is 187 cm³/mol. The normalized spacial score (nSPS) is 15.0. The molecule has 1 aliphatic rings. The van der Waals surface area contributed by atoms with Crippen molar-refractivity contribution in [2.45, 2.75) is 51.7 Å². The number of carbonyl (C=O) groups is 1. The number of carboxylic acids is 1. The highest BCUT2D eigenvalue weighted by Gasteiger charge is 2.32. The number of nitrogens with zero attached hydrogens (tertiary/aromatic N) is 3. The molecule has 9 heteroatoms. The maximum absolute atomic E-state index is 13.8. The lowest BCUT2D eigenvalue weighted by Crippen LogP contribution is -2.12. The second kappa shape index (κ2) is 13.5. The van der Waals surface area contributed by atoms with Crippen LogP contribution in [0.3, 0.4) is 0 Å². The van der Waals surface area contributed by atoms with Gasteiger partial charge in [0.15, 0.2) is 0 Å². The molecule has 1 N–H and O–H groups in total. The van der Waals surface area contributed by atoms with Crippen LogP contribution in [0.15, 0.2) is 78.9 Å². The summed E-state index contributed by atoms with van der Waals surface area (Å²) in [7, 11) is 1.94. The summed E-state index contributed by atoms with van der Waals surface area (Å²) >= 11 is 7.14. The molecule has 246 valence electrons. The zero-order valence-corrected chi connectivity index (χ0v) is 27.8. The van der Waals surface area contributed by atoms with Crippen molar-refractivity contribution in [3.63, 3.8) is 0 Å². The highest BCUT2D eigenvalue weighted by atomic mass is 35.5. The highest BCUT2D eigenvalue weighted by Crippen LogP contribution is 2.45. The quantitative estimate of drug-likeness (QED) is 0.164. The molecule has 0 radical (unpaired) electrons. The zero-order chi connectivity index (χ0) is 33.4. The molecule has 48 heavy (non-hydrogen) atoms. The Bertz CT molecular complexity index is 2140. The van der Waals surface area contributed by atoms with Gasteiger partial charge >= 0.3 is 5.97 Å². The summed E-state index contributed by atoms with van der Waals surface area (Å²) in [6.45, 7) is 3.46. The first-order chi connectivity index (χ1) is 23.4. The van der Waals surface area contributed by atoms with Gasteiger partial charge in [0.1, 0.15) is 29.1 Å². The van der Waals surface area contributed by atoms with Gasteiger partial charge in [-0.2, -0.15) is 5.10 Å². The van der Waals surface area contributed by atoms with Gasteiger partial charge in [-0.05, 0) is 78.9 Å². The van der Waals surface area contributed by atoms with Crippen LogP contribution in [0.2, 0.25) is 5.02 Å².